The van der Waals surface area contributed by atoms with Crippen LogP contribution in [0.2, 0.25) is 0 Å². The van der Waals surface area contributed by atoms with Crippen LogP contribution in [0.1, 0.15) is 94.9 Å². The van der Waals surface area contributed by atoms with Gasteiger partial charge in [-0.05, 0) is 63.4 Å². The number of carbonyl (C=O) groups excluding carboxylic acids is 3. The normalized spacial score (nSPS) is 23.5. The predicted octanol–water partition coefficient (Wildman–Crippen LogP) is 9.91. The molecular weight excluding hydrogens is 680 g/mol. The van der Waals surface area contributed by atoms with Crippen LogP contribution in [-0.4, -0.2) is 45.8 Å². The van der Waals surface area contributed by atoms with Gasteiger partial charge in [-0.15, -0.1) is 0 Å². The standard InChI is InChI=1S/C46H58O8/c1-30(15-11-12-16-31(2)18-14-20-33(4)22-24-39-35(6)43(51)40(47)29-46(39,9)10)17-13-19-32(3)21-23-38-34(5)25-37(28-45(38,7)8)54-42(50)27-36(44(52)53)26-41(48)49/h11-24,27,35,37,39H,25-26,28-29H2,1-10H3,(H,48,49)(H,52,53)/b12-11+,17-13+,18-14+,23-21+,24-22?,30-15+,31-16+,32-19+,33-20?,36-27?. The fourth-order valence-electron chi connectivity index (χ4n) is 6.87. The topological polar surface area (TPSA) is 135 Å². The number of rotatable bonds is 15. The maximum absolute atomic E-state index is 12.4. The number of carboxylic acids is 2. The summed E-state index contributed by atoms with van der Waals surface area (Å²) in [7, 11) is 0. The monoisotopic (exact) mass is 738 g/mol. The molecule has 0 aromatic carbocycles. The zero-order chi connectivity index (χ0) is 40.8. The molecule has 0 heterocycles. The molecule has 0 aromatic heterocycles. The summed E-state index contributed by atoms with van der Waals surface area (Å²) in [6.07, 6.45) is 29.4. The Kier molecular flexibility index (Phi) is 17.0. The van der Waals surface area contributed by atoms with E-state index in [2.05, 4.69) is 32.1 Å². The Bertz CT molecular complexity index is 1810. The van der Waals surface area contributed by atoms with Crippen LogP contribution in [-0.2, 0) is 28.7 Å². The summed E-state index contributed by atoms with van der Waals surface area (Å²) in [5.74, 6) is -4.46. The first-order chi connectivity index (χ1) is 25.1. The zero-order valence-electron chi connectivity index (χ0n) is 33.6. The maximum Gasteiger partial charge on any atom is 0.332 e. The lowest BCUT2D eigenvalue weighted by molar-refractivity contribution is -0.145. The van der Waals surface area contributed by atoms with Crippen molar-refractivity contribution in [3.63, 3.8) is 0 Å². The molecule has 8 nitrogen and oxygen atoms in total. The molecule has 0 bridgehead atoms. The van der Waals surface area contributed by atoms with Gasteiger partial charge in [-0.2, -0.15) is 0 Å². The Balaban J connectivity index is 1.95. The number of allylic oxidation sites excluding steroid dienone is 19. The number of carbonyl (C=O) groups is 5. The molecule has 290 valence electrons. The van der Waals surface area contributed by atoms with Gasteiger partial charge >= 0.3 is 17.9 Å². The van der Waals surface area contributed by atoms with E-state index in [0.717, 1.165) is 39.5 Å². The second-order valence-corrected chi connectivity index (χ2v) is 15.8. The molecule has 2 N–H and O–H groups in total. The summed E-state index contributed by atoms with van der Waals surface area (Å²) in [4.78, 5) is 58.8. The van der Waals surface area contributed by atoms with Crippen molar-refractivity contribution in [2.75, 3.05) is 0 Å². The van der Waals surface area contributed by atoms with Crippen molar-refractivity contribution in [1.82, 2.24) is 0 Å². The van der Waals surface area contributed by atoms with E-state index in [4.69, 9.17) is 9.84 Å². The largest absolute Gasteiger partial charge is 0.481 e. The third kappa shape index (κ3) is 14.7. The molecular formula is C46H58O8. The number of carboxylic acid groups (broad SMARTS) is 2. The van der Waals surface area contributed by atoms with Crippen molar-refractivity contribution in [3.05, 3.63) is 130 Å². The van der Waals surface area contributed by atoms with Crippen molar-refractivity contribution in [2.24, 2.45) is 22.7 Å². The highest BCUT2D eigenvalue weighted by molar-refractivity contribution is 6.38. The smallest absolute Gasteiger partial charge is 0.332 e. The van der Waals surface area contributed by atoms with E-state index in [1.807, 2.05) is 122 Å². The van der Waals surface area contributed by atoms with E-state index in [0.29, 0.717) is 12.8 Å². The van der Waals surface area contributed by atoms with E-state index >= 15 is 0 Å². The first kappa shape index (κ1) is 45.0. The van der Waals surface area contributed by atoms with Crippen LogP contribution in [0, 0.1) is 22.7 Å². The molecule has 8 heteroatoms. The van der Waals surface area contributed by atoms with Crippen LogP contribution in [0.3, 0.4) is 0 Å². The molecule has 0 spiro atoms. The second kappa shape index (κ2) is 20.4. The van der Waals surface area contributed by atoms with Gasteiger partial charge in [0.1, 0.15) is 6.10 Å². The molecule has 1 saturated carbocycles. The van der Waals surface area contributed by atoms with E-state index in [-0.39, 0.29) is 40.7 Å². The van der Waals surface area contributed by atoms with Gasteiger partial charge < -0.3 is 14.9 Å². The summed E-state index contributed by atoms with van der Waals surface area (Å²) in [6, 6.07) is 0. The number of hydrogen-bond acceptors (Lipinski definition) is 6. The fourth-order valence-corrected chi connectivity index (χ4v) is 6.87. The average Bonchev–Trinajstić information content (AvgIpc) is 3.04. The van der Waals surface area contributed by atoms with Crippen LogP contribution < -0.4 is 0 Å². The van der Waals surface area contributed by atoms with Crippen LogP contribution >= 0.6 is 0 Å². The molecule has 0 saturated heterocycles. The quantitative estimate of drug-likeness (QED) is 0.0734. The lowest BCUT2D eigenvalue weighted by Gasteiger charge is -2.39. The summed E-state index contributed by atoms with van der Waals surface area (Å²) in [6.45, 7) is 20.2. The SMILES string of the molecule is CC(C=CC1C(C)C(=O)C(=O)CC1(C)C)=C/C=C/C(C)=C/C=C/C=C(C)/C=C/C=C(C)/C=C/C1=C(C)CC(OC(=O)C=C(CC(=O)O)C(=O)O)CC1(C)C. The van der Waals surface area contributed by atoms with E-state index in [1.165, 1.54) is 0 Å². The van der Waals surface area contributed by atoms with Crippen molar-refractivity contribution < 1.29 is 38.9 Å². The second-order valence-electron chi connectivity index (χ2n) is 15.8. The Hall–Kier alpha value is -5.11. The summed E-state index contributed by atoms with van der Waals surface area (Å²) < 4.78 is 5.53. The molecule has 2 rings (SSSR count). The molecule has 0 aliphatic heterocycles. The molecule has 2 aliphatic carbocycles. The zero-order valence-corrected chi connectivity index (χ0v) is 33.6. The van der Waals surface area contributed by atoms with Gasteiger partial charge in [0.2, 0.25) is 5.78 Å². The van der Waals surface area contributed by atoms with Crippen molar-refractivity contribution in [2.45, 2.75) is 101 Å². The number of ether oxygens (including phenoxy) is 1. The van der Waals surface area contributed by atoms with Crippen LogP contribution in [0.25, 0.3) is 0 Å². The number of ketones is 2. The molecule has 54 heavy (non-hydrogen) atoms. The summed E-state index contributed by atoms with van der Waals surface area (Å²) in [5.41, 5.74) is 5.46. The third-order valence-corrected chi connectivity index (χ3v) is 9.74. The first-order valence-corrected chi connectivity index (χ1v) is 18.3. The molecule has 2 aliphatic rings. The molecule has 0 radical (unpaired) electrons. The minimum Gasteiger partial charge on any atom is -0.481 e. The highest BCUT2D eigenvalue weighted by Gasteiger charge is 2.44. The van der Waals surface area contributed by atoms with Gasteiger partial charge in [0.25, 0.3) is 0 Å². The van der Waals surface area contributed by atoms with Crippen LogP contribution in [0.4, 0.5) is 0 Å². The van der Waals surface area contributed by atoms with Gasteiger partial charge in [0.05, 0.1) is 12.0 Å². The van der Waals surface area contributed by atoms with Crippen molar-refractivity contribution >= 4 is 29.5 Å². The number of Topliss-reactive ketones (excluding diaryl/α,β-unsaturated/α-hetero) is 2. The minimum atomic E-state index is -1.46. The van der Waals surface area contributed by atoms with Gasteiger partial charge in [0, 0.05) is 24.8 Å². The highest BCUT2D eigenvalue weighted by atomic mass is 16.5. The van der Waals surface area contributed by atoms with E-state index < -0.39 is 36.0 Å². The van der Waals surface area contributed by atoms with Crippen molar-refractivity contribution in [1.29, 1.82) is 0 Å². The number of aliphatic carboxylic acids is 2. The molecule has 0 aromatic rings. The molecule has 0 amide bonds. The molecule has 3 unspecified atom stereocenters. The lowest BCUT2D eigenvalue weighted by atomic mass is 9.63. The minimum absolute atomic E-state index is 0.0226. The first-order valence-electron chi connectivity index (χ1n) is 18.3. The van der Waals surface area contributed by atoms with Gasteiger partial charge in [-0.3, -0.25) is 14.4 Å². The Morgan fingerprint density at radius 3 is 1.83 bits per heavy atom. The van der Waals surface area contributed by atoms with Crippen LogP contribution in [0.15, 0.2) is 130 Å². The number of esters is 1. The Morgan fingerprint density at radius 2 is 1.31 bits per heavy atom. The Labute approximate surface area is 321 Å². The lowest BCUT2D eigenvalue weighted by Crippen LogP contribution is -2.43. The average molecular weight is 739 g/mol. The van der Waals surface area contributed by atoms with Gasteiger partial charge in [-0.25, -0.2) is 9.59 Å². The van der Waals surface area contributed by atoms with Crippen molar-refractivity contribution in [3.8, 4) is 0 Å². The summed E-state index contributed by atoms with van der Waals surface area (Å²) in [5, 5.41) is 18.1. The highest BCUT2D eigenvalue weighted by Crippen LogP contribution is 2.43. The molecule has 1 fully saturated rings. The molecule has 3 atom stereocenters. The third-order valence-electron chi connectivity index (χ3n) is 9.74. The fraction of sp³-hybridized carbons (Fsp3) is 0.413. The predicted molar refractivity (Wildman–Crippen MR) is 215 cm³/mol. The van der Waals surface area contributed by atoms with Crippen LogP contribution in [0.5, 0.6) is 0 Å². The van der Waals surface area contributed by atoms with Gasteiger partial charge in [-0.1, -0.05) is 148 Å². The van der Waals surface area contributed by atoms with E-state index in [9.17, 15) is 29.1 Å². The van der Waals surface area contributed by atoms with Gasteiger partial charge in [0.15, 0.2) is 5.78 Å². The maximum atomic E-state index is 12.4. The Morgan fingerprint density at radius 1 is 0.796 bits per heavy atom. The summed E-state index contributed by atoms with van der Waals surface area (Å²) >= 11 is 0. The number of hydrogen-bond donors (Lipinski definition) is 2. The van der Waals surface area contributed by atoms with E-state index in [1.54, 1.807) is 0 Å².